The first-order chi connectivity index (χ1) is 7.42. The molecule has 0 aliphatic rings. The van der Waals surface area contributed by atoms with Gasteiger partial charge in [-0.05, 0) is 52.0 Å². The Morgan fingerprint density at radius 2 is 1.44 bits per heavy atom. The molecule has 2 nitrogen and oxygen atoms in total. The van der Waals surface area contributed by atoms with Crippen molar-refractivity contribution in [2.45, 2.75) is 52.9 Å². The zero-order valence-electron chi connectivity index (χ0n) is 12.1. The van der Waals surface area contributed by atoms with Gasteiger partial charge in [0.1, 0.15) is 0 Å². The largest absolute Gasteiger partial charge is 0.316 e. The summed E-state index contributed by atoms with van der Waals surface area (Å²) in [4.78, 5) is 2.27. The van der Waals surface area contributed by atoms with Crippen LogP contribution in [0.25, 0.3) is 0 Å². The van der Waals surface area contributed by atoms with Crippen LogP contribution in [0.1, 0.15) is 52.9 Å². The molecule has 0 aliphatic carbocycles. The molecule has 2 heteroatoms. The number of hydrogen-bond donors (Lipinski definition) is 1. The van der Waals surface area contributed by atoms with Gasteiger partial charge in [0.2, 0.25) is 0 Å². The van der Waals surface area contributed by atoms with Gasteiger partial charge >= 0.3 is 0 Å². The van der Waals surface area contributed by atoms with Crippen molar-refractivity contribution >= 4 is 0 Å². The highest BCUT2D eigenvalue weighted by Crippen LogP contribution is 2.10. The van der Waals surface area contributed by atoms with Gasteiger partial charge in [-0.1, -0.05) is 40.0 Å². The summed E-state index contributed by atoms with van der Waals surface area (Å²) in [6.07, 6.45) is 6.84. The molecule has 0 radical (unpaired) electrons. The molecule has 0 bridgehead atoms. The van der Waals surface area contributed by atoms with Gasteiger partial charge in [0.15, 0.2) is 0 Å². The van der Waals surface area contributed by atoms with E-state index in [-0.39, 0.29) is 0 Å². The van der Waals surface area contributed by atoms with Gasteiger partial charge in [0.25, 0.3) is 0 Å². The molecule has 0 aromatic heterocycles. The second-order valence-electron chi connectivity index (χ2n) is 6.31. The number of rotatable bonds is 9. The van der Waals surface area contributed by atoms with Crippen molar-refractivity contribution in [3.8, 4) is 0 Å². The molecule has 0 unspecified atom stereocenters. The molecular formula is C14H32N2. The lowest BCUT2D eigenvalue weighted by molar-refractivity contribution is 0.374. The van der Waals surface area contributed by atoms with E-state index in [4.69, 9.17) is 0 Å². The Kier molecular flexibility index (Phi) is 8.96. The summed E-state index contributed by atoms with van der Waals surface area (Å²) < 4.78 is 0. The number of hydrogen-bond acceptors (Lipinski definition) is 2. The van der Waals surface area contributed by atoms with Gasteiger partial charge in [0.05, 0.1) is 0 Å². The zero-order valence-corrected chi connectivity index (χ0v) is 12.1. The van der Waals surface area contributed by atoms with Crippen LogP contribution in [-0.2, 0) is 0 Å². The predicted octanol–water partition coefficient (Wildman–Crippen LogP) is 3.13. The molecule has 0 saturated carbocycles. The second-order valence-corrected chi connectivity index (χ2v) is 6.31. The van der Waals surface area contributed by atoms with Crippen LogP contribution in [0.5, 0.6) is 0 Å². The zero-order chi connectivity index (χ0) is 12.4. The number of nitrogens with one attached hydrogen (secondary N) is 1. The quantitative estimate of drug-likeness (QED) is 0.610. The summed E-state index contributed by atoms with van der Waals surface area (Å²) in [7, 11) is 4.30. The monoisotopic (exact) mass is 228 g/mol. The Balaban J connectivity index is 3.05. The molecule has 0 amide bonds. The van der Waals surface area contributed by atoms with Crippen LogP contribution in [0, 0.1) is 5.41 Å². The van der Waals surface area contributed by atoms with Gasteiger partial charge in [-0.15, -0.1) is 0 Å². The van der Waals surface area contributed by atoms with E-state index < -0.39 is 0 Å². The Morgan fingerprint density at radius 3 is 2.00 bits per heavy atom. The minimum absolute atomic E-state index is 0.422. The molecule has 0 fully saturated rings. The Morgan fingerprint density at radius 1 is 0.875 bits per heavy atom. The van der Waals surface area contributed by atoms with E-state index in [1.54, 1.807) is 0 Å². The smallest absolute Gasteiger partial charge is 0.0000126 e. The Bertz CT molecular complexity index is 147. The third kappa shape index (κ3) is 13.9. The van der Waals surface area contributed by atoms with E-state index >= 15 is 0 Å². The maximum atomic E-state index is 3.53. The molecule has 0 rings (SSSR count). The van der Waals surface area contributed by atoms with Crippen molar-refractivity contribution in [1.29, 1.82) is 0 Å². The molecule has 0 spiro atoms. The Hall–Kier alpha value is -0.0800. The molecule has 0 heterocycles. The van der Waals surface area contributed by atoms with Crippen molar-refractivity contribution < 1.29 is 0 Å². The summed E-state index contributed by atoms with van der Waals surface area (Å²) in [6, 6.07) is 0. The number of unbranched alkanes of at least 4 members (excludes halogenated alkanes) is 4. The second kappa shape index (κ2) is 9.00. The topological polar surface area (TPSA) is 15.3 Å². The molecule has 0 aromatic rings. The standard InChI is InChI=1S/C14H32N2/c1-14(2,3)13-15-11-9-7-6-8-10-12-16(4)5/h15H,6-13H2,1-5H3. The van der Waals surface area contributed by atoms with Gasteiger partial charge in [-0.2, -0.15) is 0 Å². The molecule has 0 aromatic carbocycles. The SMILES string of the molecule is CN(C)CCCCCCCNCC(C)(C)C. The average Bonchev–Trinajstić information content (AvgIpc) is 2.13. The van der Waals surface area contributed by atoms with E-state index in [0.29, 0.717) is 5.41 Å². The fraction of sp³-hybridized carbons (Fsp3) is 1.00. The van der Waals surface area contributed by atoms with Crippen LogP contribution in [0.3, 0.4) is 0 Å². The predicted molar refractivity (Wildman–Crippen MR) is 74.0 cm³/mol. The highest BCUT2D eigenvalue weighted by molar-refractivity contribution is 4.64. The third-order valence-corrected chi connectivity index (χ3v) is 2.61. The molecule has 0 saturated heterocycles. The van der Waals surface area contributed by atoms with Crippen molar-refractivity contribution in [2.24, 2.45) is 5.41 Å². The van der Waals surface area contributed by atoms with E-state index in [1.807, 2.05) is 0 Å². The maximum absolute atomic E-state index is 3.53. The fourth-order valence-electron chi connectivity index (χ4n) is 1.67. The van der Waals surface area contributed by atoms with E-state index in [0.717, 1.165) is 6.54 Å². The molecule has 98 valence electrons. The van der Waals surface area contributed by atoms with Gasteiger partial charge < -0.3 is 10.2 Å². The van der Waals surface area contributed by atoms with Gasteiger partial charge in [-0.25, -0.2) is 0 Å². The van der Waals surface area contributed by atoms with Crippen LogP contribution in [-0.4, -0.2) is 38.6 Å². The molecule has 16 heavy (non-hydrogen) atoms. The van der Waals surface area contributed by atoms with Crippen molar-refractivity contribution in [3.05, 3.63) is 0 Å². The van der Waals surface area contributed by atoms with Crippen molar-refractivity contribution in [1.82, 2.24) is 10.2 Å². The van der Waals surface area contributed by atoms with Crippen LogP contribution < -0.4 is 5.32 Å². The summed E-state index contributed by atoms with van der Waals surface area (Å²) >= 11 is 0. The molecule has 1 N–H and O–H groups in total. The minimum Gasteiger partial charge on any atom is -0.316 e. The lowest BCUT2D eigenvalue weighted by atomic mass is 9.97. The lowest BCUT2D eigenvalue weighted by Gasteiger charge is -2.18. The first-order valence-corrected chi connectivity index (χ1v) is 6.77. The lowest BCUT2D eigenvalue weighted by Crippen LogP contribution is -2.27. The summed E-state index contributed by atoms with van der Waals surface area (Å²) in [6.45, 7) is 10.4. The molecule has 0 aliphatic heterocycles. The highest BCUT2D eigenvalue weighted by atomic mass is 15.0. The van der Waals surface area contributed by atoms with Crippen molar-refractivity contribution in [3.63, 3.8) is 0 Å². The summed E-state index contributed by atoms with van der Waals surface area (Å²) in [5.41, 5.74) is 0.422. The molecule has 0 atom stereocenters. The number of nitrogens with zero attached hydrogens (tertiary/aromatic N) is 1. The van der Waals surface area contributed by atoms with E-state index in [9.17, 15) is 0 Å². The van der Waals surface area contributed by atoms with E-state index in [2.05, 4.69) is 45.1 Å². The highest BCUT2D eigenvalue weighted by Gasteiger charge is 2.07. The third-order valence-electron chi connectivity index (χ3n) is 2.61. The molecular weight excluding hydrogens is 196 g/mol. The summed E-state index contributed by atoms with van der Waals surface area (Å²) in [5, 5.41) is 3.53. The van der Waals surface area contributed by atoms with E-state index in [1.165, 1.54) is 45.2 Å². The average molecular weight is 228 g/mol. The maximum Gasteiger partial charge on any atom is -0.0000126 e. The van der Waals surface area contributed by atoms with Gasteiger partial charge in [0, 0.05) is 0 Å². The van der Waals surface area contributed by atoms with Crippen LogP contribution in [0.4, 0.5) is 0 Å². The van der Waals surface area contributed by atoms with Crippen LogP contribution in [0.2, 0.25) is 0 Å². The van der Waals surface area contributed by atoms with Gasteiger partial charge in [-0.3, -0.25) is 0 Å². The first kappa shape index (κ1) is 15.9. The summed E-state index contributed by atoms with van der Waals surface area (Å²) in [5.74, 6) is 0. The normalized spacial score (nSPS) is 12.4. The Labute approximate surface area is 103 Å². The fourth-order valence-corrected chi connectivity index (χ4v) is 1.67. The first-order valence-electron chi connectivity index (χ1n) is 6.77. The van der Waals surface area contributed by atoms with Crippen LogP contribution >= 0.6 is 0 Å². The van der Waals surface area contributed by atoms with Crippen LogP contribution in [0.15, 0.2) is 0 Å². The van der Waals surface area contributed by atoms with Crippen molar-refractivity contribution in [2.75, 3.05) is 33.7 Å². The minimum atomic E-state index is 0.422.